The van der Waals surface area contributed by atoms with E-state index in [9.17, 15) is 0 Å². The molecule has 6 nitrogen and oxygen atoms in total. The topological polar surface area (TPSA) is 59.7 Å². The fourth-order valence-corrected chi connectivity index (χ4v) is 2.14. The van der Waals surface area contributed by atoms with Crippen molar-refractivity contribution in [1.29, 1.82) is 0 Å². The average Bonchev–Trinajstić information content (AvgIpc) is 2.71. The van der Waals surface area contributed by atoms with Crippen LogP contribution in [0.1, 0.15) is 11.6 Å². The summed E-state index contributed by atoms with van der Waals surface area (Å²) in [6.45, 7) is 4.41. The van der Waals surface area contributed by atoms with Crippen molar-refractivity contribution < 1.29 is 0 Å². The molecule has 0 aliphatic carbocycles. The summed E-state index contributed by atoms with van der Waals surface area (Å²) >= 11 is 5.86. The van der Waals surface area contributed by atoms with E-state index in [1.54, 1.807) is 6.07 Å². The van der Waals surface area contributed by atoms with Crippen LogP contribution in [0.4, 0.5) is 5.82 Å². The predicted octanol–water partition coefficient (Wildman–Crippen LogP) is 1.05. The quantitative estimate of drug-likeness (QED) is 0.708. The molecule has 0 saturated heterocycles. The van der Waals surface area contributed by atoms with Crippen LogP contribution >= 0.6 is 11.6 Å². The maximum absolute atomic E-state index is 5.86. The summed E-state index contributed by atoms with van der Waals surface area (Å²) in [5, 5.41) is 8.68. The highest BCUT2D eigenvalue weighted by Gasteiger charge is 2.20. The molecule has 0 amide bonds. The lowest BCUT2D eigenvalue weighted by Gasteiger charge is -2.28. The minimum Gasteiger partial charge on any atom is -0.347 e. The Balaban J connectivity index is 1.89. The standard InChI is InChI=1S/C10H11ClN6/c1-7-14-15-10-5-16(2-3-17(7)10)9-4-8(11)12-6-13-9/h4,6H,2-3,5H2,1H3. The number of hydrogen-bond acceptors (Lipinski definition) is 5. The number of anilines is 1. The van der Waals surface area contributed by atoms with Crippen molar-refractivity contribution in [3.05, 3.63) is 29.2 Å². The van der Waals surface area contributed by atoms with Gasteiger partial charge in [-0.3, -0.25) is 0 Å². The second-order valence-electron chi connectivity index (χ2n) is 3.94. The zero-order chi connectivity index (χ0) is 11.8. The Kier molecular flexibility index (Phi) is 2.44. The summed E-state index contributed by atoms with van der Waals surface area (Å²) in [5.74, 6) is 2.75. The van der Waals surface area contributed by atoms with Gasteiger partial charge in [0.15, 0.2) is 5.82 Å². The van der Waals surface area contributed by atoms with Crippen LogP contribution in [0.5, 0.6) is 0 Å². The Morgan fingerprint density at radius 3 is 2.94 bits per heavy atom. The molecule has 0 bridgehead atoms. The van der Waals surface area contributed by atoms with Crippen molar-refractivity contribution in [1.82, 2.24) is 24.7 Å². The van der Waals surface area contributed by atoms with Gasteiger partial charge in [0.25, 0.3) is 0 Å². The van der Waals surface area contributed by atoms with Crippen molar-refractivity contribution in [3.8, 4) is 0 Å². The average molecular weight is 251 g/mol. The molecule has 3 rings (SSSR count). The summed E-state index contributed by atoms with van der Waals surface area (Å²) in [7, 11) is 0. The highest BCUT2D eigenvalue weighted by Crippen LogP contribution is 2.19. The number of hydrogen-bond donors (Lipinski definition) is 0. The third kappa shape index (κ3) is 1.84. The SMILES string of the molecule is Cc1nnc2n1CCN(c1cc(Cl)ncn1)C2. The molecule has 0 fully saturated rings. The van der Waals surface area contributed by atoms with Gasteiger partial charge in [-0.2, -0.15) is 0 Å². The minimum absolute atomic E-state index is 0.457. The van der Waals surface area contributed by atoms with Crippen molar-refractivity contribution in [2.24, 2.45) is 0 Å². The van der Waals surface area contributed by atoms with Gasteiger partial charge in [0.05, 0.1) is 6.54 Å². The molecule has 0 aromatic carbocycles. The van der Waals surface area contributed by atoms with Gasteiger partial charge in [0, 0.05) is 19.2 Å². The molecule has 17 heavy (non-hydrogen) atoms. The van der Waals surface area contributed by atoms with Crippen LogP contribution < -0.4 is 4.90 Å². The zero-order valence-electron chi connectivity index (χ0n) is 9.34. The maximum atomic E-state index is 5.86. The van der Waals surface area contributed by atoms with E-state index in [-0.39, 0.29) is 0 Å². The lowest BCUT2D eigenvalue weighted by atomic mass is 10.3. The summed E-state index contributed by atoms with van der Waals surface area (Å²) < 4.78 is 2.12. The zero-order valence-corrected chi connectivity index (χ0v) is 10.1. The Bertz CT molecular complexity index is 551. The molecular weight excluding hydrogens is 240 g/mol. The minimum atomic E-state index is 0.457. The van der Waals surface area contributed by atoms with Crippen molar-refractivity contribution in [2.45, 2.75) is 20.0 Å². The molecule has 0 radical (unpaired) electrons. The van der Waals surface area contributed by atoms with E-state index in [1.807, 2.05) is 6.92 Å². The van der Waals surface area contributed by atoms with E-state index in [0.29, 0.717) is 11.7 Å². The number of nitrogens with zero attached hydrogens (tertiary/aromatic N) is 6. The fraction of sp³-hybridized carbons (Fsp3) is 0.400. The molecule has 0 saturated carbocycles. The van der Waals surface area contributed by atoms with Gasteiger partial charge in [0.1, 0.15) is 23.1 Å². The van der Waals surface area contributed by atoms with Crippen molar-refractivity contribution >= 4 is 17.4 Å². The first-order valence-corrected chi connectivity index (χ1v) is 5.73. The Morgan fingerprint density at radius 2 is 2.12 bits per heavy atom. The van der Waals surface area contributed by atoms with Crippen molar-refractivity contribution in [2.75, 3.05) is 11.4 Å². The highest BCUT2D eigenvalue weighted by molar-refractivity contribution is 6.29. The van der Waals surface area contributed by atoms with Gasteiger partial charge in [-0.25, -0.2) is 9.97 Å². The maximum Gasteiger partial charge on any atom is 0.152 e. The van der Waals surface area contributed by atoms with E-state index in [2.05, 4.69) is 29.6 Å². The van der Waals surface area contributed by atoms with Gasteiger partial charge in [-0.05, 0) is 6.92 Å². The van der Waals surface area contributed by atoms with Crippen LogP contribution in [0.3, 0.4) is 0 Å². The van der Waals surface area contributed by atoms with Gasteiger partial charge >= 0.3 is 0 Å². The lowest BCUT2D eigenvalue weighted by Crippen LogP contribution is -2.34. The van der Waals surface area contributed by atoms with E-state index >= 15 is 0 Å². The van der Waals surface area contributed by atoms with Crippen LogP contribution in [0, 0.1) is 6.92 Å². The van der Waals surface area contributed by atoms with Gasteiger partial charge in [0.2, 0.25) is 0 Å². The molecule has 3 heterocycles. The molecule has 0 unspecified atom stereocenters. The van der Waals surface area contributed by atoms with Crippen LogP contribution in [0.25, 0.3) is 0 Å². The van der Waals surface area contributed by atoms with Gasteiger partial charge < -0.3 is 9.47 Å². The molecule has 1 aliphatic heterocycles. The number of fused-ring (bicyclic) bond motifs is 1. The smallest absolute Gasteiger partial charge is 0.152 e. The van der Waals surface area contributed by atoms with Gasteiger partial charge in [-0.15, -0.1) is 10.2 Å². The molecule has 0 atom stereocenters. The largest absolute Gasteiger partial charge is 0.347 e. The molecule has 7 heteroatoms. The second-order valence-corrected chi connectivity index (χ2v) is 4.32. The van der Waals surface area contributed by atoms with E-state index in [1.165, 1.54) is 6.33 Å². The Labute approximate surface area is 103 Å². The predicted molar refractivity (Wildman–Crippen MR) is 62.9 cm³/mol. The number of halogens is 1. The van der Waals surface area contributed by atoms with Gasteiger partial charge in [-0.1, -0.05) is 11.6 Å². The summed E-state index contributed by atoms with van der Waals surface area (Å²) in [6.07, 6.45) is 1.47. The van der Waals surface area contributed by atoms with Crippen LogP contribution in [-0.4, -0.2) is 31.3 Å². The second kappa shape index (κ2) is 3.96. The molecule has 0 N–H and O–H groups in total. The molecule has 2 aromatic heterocycles. The van der Waals surface area contributed by atoms with Crippen LogP contribution in [0.2, 0.25) is 5.15 Å². The first-order chi connectivity index (χ1) is 8.24. The molecule has 88 valence electrons. The first-order valence-electron chi connectivity index (χ1n) is 5.35. The highest BCUT2D eigenvalue weighted by atomic mass is 35.5. The first kappa shape index (κ1) is 10.5. The number of rotatable bonds is 1. The summed E-state index contributed by atoms with van der Waals surface area (Å²) in [6, 6.07) is 1.76. The van der Waals surface area contributed by atoms with E-state index in [0.717, 1.165) is 30.6 Å². The molecule has 0 spiro atoms. The third-order valence-electron chi connectivity index (χ3n) is 2.88. The van der Waals surface area contributed by atoms with E-state index in [4.69, 9.17) is 11.6 Å². The summed E-state index contributed by atoms with van der Waals surface area (Å²) in [5.41, 5.74) is 0. The monoisotopic (exact) mass is 250 g/mol. The van der Waals surface area contributed by atoms with Crippen molar-refractivity contribution in [3.63, 3.8) is 0 Å². The Hall–Kier alpha value is -1.69. The number of aryl methyl sites for hydroxylation is 1. The Morgan fingerprint density at radius 1 is 1.24 bits per heavy atom. The summed E-state index contributed by atoms with van der Waals surface area (Å²) in [4.78, 5) is 10.2. The van der Waals surface area contributed by atoms with E-state index < -0.39 is 0 Å². The lowest BCUT2D eigenvalue weighted by molar-refractivity contribution is 0.547. The molecule has 1 aliphatic rings. The van der Waals surface area contributed by atoms with Crippen LogP contribution in [0.15, 0.2) is 12.4 Å². The normalized spacial score (nSPS) is 14.8. The molecular formula is C10H11ClN6. The molecule has 2 aromatic rings. The third-order valence-corrected chi connectivity index (χ3v) is 3.09. The number of aromatic nitrogens is 5. The fourth-order valence-electron chi connectivity index (χ4n) is 2.00. The van der Waals surface area contributed by atoms with Crippen LogP contribution in [-0.2, 0) is 13.1 Å².